The Bertz CT molecular complexity index is 290. The summed E-state index contributed by atoms with van der Waals surface area (Å²) < 4.78 is 6.57. The van der Waals surface area contributed by atoms with Gasteiger partial charge in [0.2, 0.25) is 0 Å². The van der Waals surface area contributed by atoms with Crippen LogP contribution >= 0.6 is 0 Å². The van der Waals surface area contributed by atoms with Crippen LogP contribution in [0.5, 0.6) is 0 Å². The highest BCUT2D eigenvalue weighted by molar-refractivity contribution is 6.77. The van der Waals surface area contributed by atoms with Crippen LogP contribution in [0.15, 0.2) is 0 Å². The van der Waals surface area contributed by atoms with Crippen LogP contribution < -0.4 is 0 Å². The average Bonchev–Trinajstić information content (AvgIpc) is 2.96. The van der Waals surface area contributed by atoms with Gasteiger partial charge < -0.3 is 9.53 Å². The number of aliphatic hydroxyl groups is 1. The first-order valence-corrected chi connectivity index (χ1v) is 10.6. The minimum atomic E-state index is -1.72. The smallest absolute Gasteiger partial charge is 0.200 e. The topological polar surface area (TPSA) is 29.5 Å². The Morgan fingerprint density at radius 2 is 1.45 bits per heavy atom. The highest BCUT2D eigenvalue weighted by atomic mass is 28.4. The van der Waals surface area contributed by atoms with Crippen molar-refractivity contribution < 1.29 is 9.53 Å². The predicted octanol–water partition coefficient (Wildman–Crippen LogP) is 4.98. The van der Waals surface area contributed by atoms with E-state index in [4.69, 9.17) is 4.43 Å². The normalized spacial score (nSPS) is 27.1. The van der Waals surface area contributed by atoms with Crippen molar-refractivity contribution in [3.63, 3.8) is 0 Å². The first kappa shape index (κ1) is 18.2. The minimum Gasteiger partial charge on any atom is -0.416 e. The van der Waals surface area contributed by atoms with Crippen molar-refractivity contribution in [2.24, 2.45) is 11.8 Å². The molecule has 1 aliphatic rings. The van der Waals surface area contributed by atoms with E-state index in [9.17, 15) is 5.11 Å². The van der Waals surface area contributed by atoms with E-state index in [-0.39, 0.29) is 0 Å². The van der Waals surface area contributed by atoms with E-state index < -0.39 is 13.9 Å². The van der Waals surface area contributed by atoms with Gasteiger partial charge in [-0.1, -0.05) is 55.4 Å². The molecule has 120 valence electrons. The molecule has 0 amide bonds. The zero-order valence-electron chi connectivity index (χ0n) is 14.9. The molecule has 0 aliphatic heterocycles. The van der Waals surface area contributed by atoms with Gasteiger partial charge in [-0.2, -0.15) is 0 Å². The Kier molecular flexibility index (Phi) is 5.90. The number of hydrogen-bond acceptors (Lipinski definition) is 2. The Morgan fingerprint density at radius 1 is 1.00 bits per heavy atom. The van der Waals surface area contributed by atoms with E-state index in [0.29, 0.717) is 28.5 Å². The van der Waals surface area contributed by atoms with Crippen molar-refractivity contribution in [1.29, 1.82) is 0 Å². The van der Waals surface area contributed by atoms with Crippen molar-refractivity contribution in [1.82, 2.24) is 0 Å². The summed E-state index contributed by atoms with van der Waals surface area (Å²) in [6.07, 6.45) is 1.99. The van der Waals surface area contributed by atoms with Gasteiger partial charge in [-0.25, -0.2) is 0 Å². The molecule has 1 aliphatic carbocycles. The van der Waals surface area contributed by atoms with Crippen LogP contribution in [-0.4, -0.2) is 25.6 Å². The largest absolute Gasteiger partial charge is 0.416 e. The number of rotatable bonds is 8. The summed E-state index contributed by atoms with van der Waals surface area (Å²) in [4.78, 5) is 0. The summed E-state index contributed by atoms with van der Waals surface area (Å²) in [7, 11) is -1.72. The van der Waals surface area contributed by atoms with Crippen LogP contribution in [-0.2, 0) is 4.43 Å². The molecule has 0 aromatic rings. The molecule has 0 radical (unpaired) electrons. The van der Waals surface area contributed by atoms with Gasteiger partial charge in [-0.05, 0) is 41.3 Å². The summed E-state index contributed by atoms with van der Waals surface area (Å²) in [5, 5.41) is 10.4. The molecule has 20 heavy (non-hydrogen) atoms. The molecule has 0 saturated heterocycles. The standard InChI is InChI=1S/C17H36O2Si/c1-12(2)17(18)11-16(17)9-10-19-20(13(3)4,14(5)6)15(7)8/h12-16,18H,9-11H2,1-8H3/t16-,17+/m1/s1. The summed E-state index contributed by atoms with van der Waals surface area (Å²) in [6, 6.07) is 0. The van der Waals surface area contributed by atoms with Gasteiger partial charge >= 0.3 is 0 Å². The molecule has 1 N–H and O–H groups in total. The first-order chi connectivity index (χ1) is 9.09. The average molecular weight is 301 g/mol. The SMILES string of the molecule is CC(C)[C@@]1(O)C[C@H]1CCO[Si](C(C)C)(C(C)C)C(C)C. The molecular formula is C17H36O2Si. The summed E-state index contributed by atoms with van der Waals surface area (Å²) in [5.74, 6) is 0.829. The van der Waals surface area contributed by atoms with Crippen LogP contribution in [0.25, 0.3) is 0 Å². The van der Waals surface area contributed by atoms with E-state index in [2.05, 4.69) is 55.4 Å². The first-order valence-electron chi connectivity index (χ1n) is 8.45. The molecule has 3 heteroatoms. The molecule has 0 aromatic carbocycles. The van der Waals surface area contributed by atoms with Crippen molar-refractivity contribution in [3.8, 4) is 0 Å². The molecule has 1 rings (SSSR count). The second-order valence-corrected chi connectivity index (χ2v) is 13.5. The molecule has 0 aromatic heterocycles. The van der Waals surface area contributed by atoms with Gasteiger partial charge in [0.05, 0.1) is 5.60 Å². The van der Waals surface area contributed by atoms with Crippen molar-refractivity contribution in [3.05, 3.63) is 0 Å². The summed E-state index contributed by atoms with van der Waals surface area (Å²) in [5.41, 5.74) is 1.53. The van der Waals surface area contributed by atoms with Gasteiger partial charge in [0, 0.05) is 6.61 Å². The van der Waals surface area contributed by atoms with Gasteiger partial charge in [0.25, 0.3) is 0 Å². The Hall–Kier alpha value is 0.137. The van der Waals surface area contributed by atoms with Crippen LogP contribution in [0.4, 0.5) is 0 Å². The third-order valence-corrected chi connectivity index (χ3v) is 11.8. The molecule has 1 saturated carbocycles. The monoisotopic (exact) mass is 300 g/mol. The van der Waals surface area contributed by atoms with Crippen molar-refractivity contribution in [2.75, 3.05) is 6.61 Å². The third kappa shape index (κ3) is 3.31. The Labute approximate surface area is 127 Å². The maximum atomic E-state index is 10.4. The van der Waals surface area contributed by atoms with Gasteiger partial charge in [-0.3, -0.25) is 0 Å². The predicted molar refractivity (Wildman–Crippen MR) is 89.5 cm³/mol. The molecule has 0 heterocycles. The van der Waals surface area contributed by atoms with Gasteiger partial charge in [0.1, 0.15) is 0 Å². The Morgan fingerprint density at radius 3 is 1.75 bits per heavy atom. The van der Waals surface area contributed by atoms with E-state index in [0.717, 1.165) is 19.4 Å². The molecule has 2 atom stereocenters. The molecule has 0 bridgehead atoms. The molecule has 1 fully saturated rings. The van der Waals surface area contributed by atoms with Crippen LogP contribution in [0.1, 0.15) is 68.2 Å². The lowest BCUT2D eigenvalue weighted by atomic mass is 10.0. The summed E-state index contributed by atoms with van der Waals surface area (Å²) >= 11 is 0. The molecule has 0 spiro atoms. The fraction of sp³-hybridized carbons (Fsp3) is 1.00. The lowest BCUT2D eigenvalue weighted by molar-refractivity contribution is 0.0763. The highest BCUT2D eigenvalue weighted by Crippen LogP contribution is 2.51. The molecular weight excluding hydrogens is 264 g/mol. The van der Waals surface area contributed by atoms with Crippen LogP contribution in [0, 0.1) is 11.8 Å². The fourth-order valence-electron chi connectivity index (χ4n) is 4.27. The quantitative estimate of drug-likeness (QED) is 0.641. The lowest BCUT2D eigenvalue weighted by Gasteiger charge is -2.42. The molecule has 0 unspecified atom stereocenters. The second-order valence-electron chi connectivity index (χ2n) is 8.00. The Balaban J connectivity index is 2.57. The number of hydrogen-bond donors (Lipinski definition) is 1. The molecule has 2 nitrogen and oxygen atoms in total. The second kappa shape index (κ2) is 6.49. The maximum absolute atomic E-state index is 10.4. The van der Waals surface area contributed by atoms with E-state index in [1.807, 2.05) is 0 Å². The maximum Gasteiger partial charge on any atom is 0.200 e. The summed E-state index contributed by atoms with van der Waals surface area (Å²) in [6.45, 7) is 19.0. The lowest BCUT2D eigenvalue weighted by Crippen LogP contribution is -2.48. The van der Waals surface area contributed by atoms with Crippen molar-refractivity contribution >= 4 is 8.32 Å². The van der Waals surface area contributed by atoms with E-state index in [1.54, 1.807) is 0 Å². The highest BCUT2D eigenvalue weighted by Gasteiger charge is 2.54. The van der Waals surface area contributed by atoms with E-state index in [1.165, 1.54) is 0 Å². The zero-order valence-corrected chi connectivity index (χ0v) is 15.9. The third-order valence-electron chi connectivity index (χ3n) is 5.65. The van der Waals surface area contributed by atoms with E-state index >= 15 is 0 Å². The van der Waals surface area contributed by atoms with Crippen molar-refractivity contribution in [2.45, 2.75) is 90.5 Å². The minimum absolute atomic E-state index is 0.370. The van der Waals surface area contributed by atoms with Gasteiger partial charge in [-0.15, -0.1) is 0 Å². The zero-order chi connectivity index (χ0) is 15.7. The fourth-order valence-corrected chi connectivity index (χ4v) is 9.74. The van der Waals surface area contributed by atoms with Gasteiger partial charge in [0.15, 0.2) is 8.32 Å². The van der Waals surface area contributed by atoms with Crippen LogP contribution in [0.2, 0.25) is 16.6 Å². The van der Waals surface area contributed by atoms with Crippen LogP contribution in [0.3, 0.4) is 0 Å².